The summed E-state index contributed by atoms with van der Waals surface area (Å²) in [7, 11) is 0. The number of nitriles is 1. The van der Waals surface area contributed by atoms with Gasteiger partial charge in [0.1, 0.15) is 16.8 Å². The van der Waals surface area contributed by atoms with Crippen molar-refractivity contribution in [2.75, 3.05) is 5.32 Å². The molecule has 2 heterocycles. The largest absolute Gasteiger partial charge is 0.471 e. The Balaban J connectivity index is 1.43. The maximum Gasteiger partial charge on any atom is 0.276 e. The van der Waals surface area contributed by atoms with E-state index in [9.17, 15) is 10.1 Å². The molecule has 6 nitrogen and oxygen atoms in total. The lowest BCUT2D eigenvalue weighted by atomic mass is 9.96. The molecule has 1 N–H and O–H groups in total. The number of halogens is 1. The zero-order valence-corrected chi connectivity index (χ0v) is 16.5. The van der Waals surface area contributed by atoms with Gasteiger partial charge in [0.15, 0.2) is 12.4 Å². The number of nitrogens with zero attached hydrogens (tertiary/aromatic N) is 3. The SMILES string of the molecule is N#Cc1c(NC(=O)c2ccn(COc3ccc(Cl)cc3)n2)sc2c1CCCC2. The van der Waals surface area contributed by atoms with E-state index in [1.165, 1.54) is 20.9 Å². The molecule has 28 heavy (non-hydrogen) atoms. The van der Waals surface area contributed by atoms with Crippen LogP contribution in [-0.4, -0.2) is 15.7 Å². The molecule has 3 aromatic rings. The van der Waals surface area contributed by atoms with Crippen molar-refractivity contribution in [2.45, 2.75) is 32.4 Å². The molecule has 0 saturated heterocycles. The number of hydrogen-bond donors (Lipinski definition) is 1. The number of hydrogen-bond acceptors (Lipinski definition) is 5. The predicted molar refractivity (Wildman–Crippen MR) is 108 cm³/mol. The summed E-state index contributed by atoms with van der Waals surface area (Å²) in [6.07, 6.45) is 5.77. The summed E-state index contributed by atoms with van der Waals surface area (Å²) in [5.41, 5.74) is 1.96. The fraction of sp³-hybridized carbons (Fsp3) is 0.250. The minimum Gasteiger partial charge on any atom is -0.471 e. The Morgan fingerprint density at radius 1 is 1.29 bits per heavy atom. The van der Waals surface area contributed by atoms with Crippen LogP contribution in [0.5, 0.6) is 5.75 Å². The molecule has 0 aliphatic heterocycles. The molecule has 1 aromatic carbocycles. The average molecular weight is 413 g/mol. The van der Waals surface area contributed by atoms with Crippen LogP contribution in [-0.2, 0) is 19.6 Å². The third-order valence-electron chi connectivity index (χ3n) is 4.56. The Hall–Kier alpha value is -2.82. The minimum atomic E-state index is -0.333. The summed E-state index contributed by atoms with van der Waals surface area (Å²) in [4.78, 5) is 13.8. The van der Waals surface area contributed by atoms with Gasteiger partial charge >= 0.3 is 0 Å². The van der Waals surface area contributed by atoms with Crippen LogP contribution >= 0.6 is 22.9 Å². The van der Waals surface area contributed by atoms with Crippen molar-refractivity contribution in [1.82, 2.24) is 9.78 Å². The second-order valence-electron chi connectivity index (χ2n) is 6.45. The topological polar surface area (TPSA) is 79.9 Å². The molecule has 1 aliphatic rings. The maximum absolute atomic E-state index is 12.6. The number of aromatic nitrogens is 2. The number of fused-ring (bicyclic) bond motifs is 1. The number of carbonyl (C=O) groups is 1. The third kappa shape index (κ3) is 3.88. The first kappa shape index (κ1) is 18.5. The Morgan fingerprint density at radius 3 is 2.86 bits per heavy atom. The van der Waals surface area contributed by atoms with Gasteiger partial charge in [0.2, 0.25) is 0 Å². The molecule has 8 heteroatoms. The standard InChI is InChI=1S/C20H17ClN4O2S/c21-13-5-7-14(8-6-13)27-12-25-10-9-17(24-25)19(26)23-20-16(11-22)15-3-1-2-4-18(15)28-20/h5-10H,1-4,12H2,(H,23,26). The molecule has 1 amide bonds. The van der Waals surface area contributed by atoms with Crippen molar-refractivity contribution in [1.29, 1.82) is 5.26 Å². The van der Waals surface area contributed by atoms with E-state index in [0.29, 0.717) is 21.3 Å². The van der Waals surface area contributed by atoms with Crippen molar-refractivity contribution in [3.05, 3.63) is 63.2 Å². The van der Waals surface area contributed by atoms with Crippen LogP contribution in [0.25, 0.3) is 0 Å². The van der Waals surface area contributed by atoms with E-state index in [1.54, 1.807) is 36.5 Å². The number of rotatable bonds is 5. The lowest BCUT2D eigenvalue weighted by Gasteiger charge is -2.09. The first-order valence-corrected chi connectivity index (χ1v) is 10.1. The highest BCUT2D eigenvalue weighted by Crippen LogP contribution is 2.37. The summed E-state index contributed by atoms with van der Waals surface area (Å²) in [6.45, 7) is 0.172. The monoisotopic (exact) mass is 412 g/mol. The number of nitrogens with one attached hydrogen (secondary N) is 1. The normalized spacial score (nSPS) is 12.9. The van der Waals surface area contributed by atoms with Gasteiger partial charge in [0.25, 0.3) is 5.91 Å². The first-order valence-electron chi connectivity index (χ1n) is 8.92. The molecule has 0 spiro atoms. The smallest absolute Gasteiger partial charge is 0.276 e. The number of ether oxygens (including phenoxy) is 1. The van der Waals surface area contributed by atoms with Crippen LogP contribution in [0.4, 0.5) is 5.00 Å². The number of benzene rings is 1. The molecule has 1 aliphatic carbocycles. The van der Waals surface area contributed by atoms with Crippen LogP contribution in [0.1, 0.15) is 39.3 Å². The zero-order valence-electron chi connectivity index (χ0n) is 14.9. The van der Waals surface area contributed by atoms with Gasteiger partial charge < -0.3 is 10.1 Å². The molecule has 142 valence electrons. The summed E-state index contributed by atoms with van der Waals surface area (Å²) in [5, 5.41) is 17.9. The summed E-state index contributed by atoms with van der Waals surface area (Å²) in [6, 6.07) is 10.9. The highest BCUT2D eigenvalue weighted by atomic mass is 35.5. The van der Waals surface area contributed by atoms with Gasteiger partial charge in [-0.2, -0.15) is 10.4 Å². The lowest BCUT2D eigenvalue weighted by molar-refractivity contribution is 0.102. The van der Waals surface area contributed by atoms with E-state index < -0.39 is 0 Å². The first-order chi connectivity index (χ1) is 13.6. The maximum atomic E-state index is 12.6. The average Bonchev–Trinajstić information content (AvgIpc) is 3.31. The fourth-order valence-electron chi connectivity index (χ4n) is 3.17. The van der Waals surface area contributed by atoms with E-state index in [4.69, 9.17) is 16.3 Å². The number of carbonyl (C=O) groups excluding carboxylic acids is 1. The molecular formula is C20H17ClN4O2S. The quantitative estimate of drug-likeness (QED) is 0.662. The van der Waals surface area contributed by atoms with E-state index >= 15 is 0 Å². The van der Waals surface area contributed by atoms with Crippen molar-refractivity contribution in [2.24, 2.45) is 0 Å². The molecule has 2 aromatic heterocycles. The fourth-order valence-corrected chi connectivity index (χ4v) is 4.53. The highest BCUT2D eigenvalue weighted by molar-refractivity contribution is 7.16. The summed E-state index contributed by atoms with van der Waals surface area (Å²) < 4.78 is 7.16. The van der Waals surface area contributed by atoms with Gasteiger partial charge in [-0.15, -0.1) is 11.3 Å². The molecule has 0 unspecified atom stereocenters. The second-order valence-corrected chi connectivity index (χ2v) is 7.99. The van der Waals surface area contributed by atoms with E-state index in [1.807, 2.05) is 0 Å². The lowest BCUT2D eigenvalue weighted by Crippen LogP contribution is -2.14. The predicted octanol–water partition coefficient (Wildman–Crippen LogP) is 4.64. The van der Waals surface area contributed by atoms with Crippen LogP contribution in [0.2, 0.25) is 5.02 Å². The van der Waals surface area contributed by atoms with Crippen molar-refractivity contribution < 1.29 is 9.53 Å². The molecule has 0 saturated carbocycles. The Labute approximate surface area is 171 Å². The van der Waals surface area contributed by atoms with Crippen molar-refractivity contribution in [3.63, 3.8) is 0 Å². The summed E-state index contributed by atoms with van der Waals surface area (Å²) in [5.74, 6) is 0.328. The van der Waals surface area contributed by atoms with Crippen LogP contribution in [0.3, 0.4) is 0 Å². The number of anilines is 1. The number of aryl methyl sites for hydroxylation is 1. The van der Waals surface area contributed by atoms with Gasteiger partial charge in [0.05, 0.1) is 5.56 Å². The van der Waals surface area contributed by atoms with Gasteiger partial charge in [-0.1, -0.05) is 11.6 Å². The van der Waals surface area contributed by atoms with Crippen LogP contribution in [0, 0.1) is 11.3 Å². The van der Waals surface area contributed by atoms with Gasteiger partial charge in [0, 0.05) is 16.1 Å². The minimum absolute atomic E-state index is 0.172. The van der Waals surface area contributed by atoms with Crippen molar-refractivity contribution >= 4 is 33.8 Å². The van der Waals surface area contributed by atoms with E-state index in [0.717, 1.165) is 31.2 Å². The highest BCUT2D eigenvalue weighted by Gasteiger charge is 2.22. The van der Waals surface area contributed by atoms with E-state index in [2.05, 4.69) is 16.5 Å². The Morgan fingerprint density at radius 2 is 2.07 bits per heavy atom. The van der Waals surface area contributed by atoms with E-state index in [-0.39, 0.29) is 18.3 Å². The third-order valence-corrected chi connectivity index (χ3v) is 6.02. The zero-order chi connectivity index (χ0) is 19.5. The van der Waals surface area contributed by atoms with Gasteiger partial charge in [-0.05, 0) is 61.6 Å². The molecule has 0 fully saturated rings. The molecule has 0 atom stereocenters. The van der Waals surface area contributed by atoms with Crippen LogP contribution < -0.4 is 10.1 Å². The van der Waals surface area contributed by atoms with Crippen molar-refractivity contribution in [3.8, 4) is 11.8 Å². The number of thiophene rings is 1. The van der Waals surface area contributed by atoms with Gasteiger partial charge in [-0.3, -0.25) is 4.79 Å². The Bertz CT molecular complexity index is 1050. The molecule has 4 rings (SSSR count). The Kier molecular flexibility index (Phi) is 5.33. The summed E-state index contributed by atoms with van der Waals surface area (Å²) >= 11 is 7.35. The van der Waals surface area contributed by atoms with Gasteiger partial charge in [-0.25, -0.2) is 4.68 Å². The molecular weight excluding hydrogens is 396 g/mol. The number of amides is 1. The molecule has 0 radical (unpaired) electrons. The van der Waals surface area contributed by atoms with Crippen LogP contribution in [0.15, 0.2) is 36.5 Å². The molecule has 0 bridgehead atoms. The second kappa shape index (κ2) is 8.05.